The molecule has 54 valence electrons. The summed E-state index contributed by atoms with van der Waals surface area (Å²) in [7, 11) is 3.73. The summed E-state index contributed by atoms with van der Waals surface area (Å²) in [6, 6.07) is 0. The third-order valence-electron chi connectivity index (χ3n) is 1.50. The van der Waals surface area contributed by atoms with Crippen LogP contribution in [0.4, 0.5) is 0 Å². The summed E-state index contributed by atoms with van der Waals surface area (Å²) in [5.41, 5.74) is 0. The first-order valence-electron chi connectivity index (χ1n) is 3.16. The molecule has 0 bridgehead atoms. The summed E-state index contributed by atoms with van der Waals surface area (Å²) in [6.45, 7) is 2.69. The summed E-state index contributed by atoms with van der Waals surface area (Å²) in [4.78, 5) is 2.19. The quantitative estimate of drug-likeness (QED) is 0.497. The first kappa shape index (κ1) is 6.99. The van der Waals surface area contributed by atoms with E-state index < -0.39 is 0 Å². The molecule has 3 heteroatoms. The van der Waals surface area contributed by atoms with Gasteiger partial charge in [0, 0.05) is 20.2 Å². The maximum atomic E-state index is 5.23. The number of nitrogens with zero attached hydrogens (tertiary/aromatic N) is 1. The van der Waals surface area contributed by atoms with Gasteiger partial charge in [0.15, 0.2) is 6.29 Å². The molecule has 0 unspecified atom stereocenters. The van der Waals surface area contributed by atoms with Gasteiger partial charge in [-0.1, -0.05) is 0 Å². The van der Waals surface area contributed by atoms with Gasteiger partial charge in [-0.2, -0.15) is 0 Å². The van der Waals surface area contributed by atoms with Gasteiger partial charge in [-0.05, 0) is 7.05 Å². The highest BCUT2D eigenvalue weighted by Crippen LogP contribution is 2.01. The van der Waals surface area contributed by atoms with E-state index in [1.165, 1.54) is 0 Å². The van der Waals surface area contributed by atoms with Crippen LogP contribution in [-0.2, 0) is 9.47 Å². The number of hydrogen-bond acceptors (Lipinski definition) is 3. The smallest absolute Gasteiger partial charge is 0.169 e. The molecule has 1 fully saturated rings. The van der Waals surface area contributed by atoms with Gasteiger partial charge in [-0.15, -0.1) is 0 Å². The number of methoxy groups -OCH3 is 1. The largest absolute Gasteiger partial charge is 0.355 e. The lowest BCUT2D eigenvalue weighted by Crippen LogP contribution is -2.40. The van der Waals surface area contributed by atoms with Crippen LogP contribution < -0.4 is 0 Å². The minimum absolute atomic E-state index is 0.0104. The van der Waals surface area contributed by atoms with E-state index in [9.17, 15) is 0 Å². The molecule has 0 aromatic rings. The van der Waals surface area contributed by atoms with Crippen molar-refractivity contribution in [2.75, 3.05) is 33.9 Å². The van der Waals surface area contributed by atoms with Crippen molar-refractivity contribution in [1.29, 1.82) is 0 Å². The Balaban J connectivity index is 2.23. The Morgan fingerprint density at radius 2 is 2.44 bits per heavy atom. The van der Waals surface area contributed by atoms with Crippen LogP contribution in [0.5, 0.6) is 0 Å². The molecule has 0 amide bonds. The van der Waals surface area contributed by atoms with E-state index in [1.54, 1.807) is 7.11 Å². The summed E-state index contributed by atoms with van der Waals surface area (Å²) in [6.07, 6.45) is -0.0104. The third-order valence-corrected chi connectivity index (χ3v) is 1.50. The number of rotatable bonds is 1. The highest BCUT2D eigenvalue weighted by atomic mass is 16.7. The van der Waals surface area contributed by atoms with E-state index in [0.717, 1.165) is 19.7 Å². The van der Waals surface area contributed by atoms with Crippen LogP contribution >= 0.6 is 0 Å². The third kappa shape index (κ3) is 1.93. The van der Waals surface area contributed by atoms with E-state index in [1.807, 2.05) is 0 Å². The van der Waals surface area contributed by atoms with Crippen molar-refractivity contribution in [3.63, 3.8) is 0 Å². The Kier molecular flexibility index (Phi) is 2.45. The van der Waals surface area contributed by atoms with Crippen molar-refractivity contribution in [2.45, 2.75) is 6.29 Å². The van der Waals surface area contributed by atoms with Gasteiger partial charge in [0.1, 0.15) is 0 Å². The number of hydrogen-bond donors (Lipinski definition) is 0. The fourth-order valence-corrected chi connectivity index (χ4v) is 0.881. The fraction of sp³-hybridized carbons (Fsp3) is 1.00. The highest BCUT2D eigenvalue weighted by Gasteiger charge is 2.15. The molecule has 1 heterocycles. The molecule has 1 atom stereocenters. The van der Waals surface area contributed by atoms with Crippen LogP contribution in [0.2, 0.25) is 0 Å². The van der Waals surface area contributed by atoms with Crippen molar-refractivity contribution in [3.8, 4) is 0 Å². The molecular formula is C6H13NO2. The first-order valence-corrected chi connectivity index (χ1v) is 3.16. The average Bonchev–Trinajstić information content (AvgIpc) is 1.88. The van der Waals surface area contributed by atoms with Crippen molar-refractivity contribution < 1.29 is 9.47 Å². The van der Waals surface area contributed by atoms with E-state index in [-0.39, 0.29) is 6.29 Å². The molecular weight excluding hydrogens is 118 g/mol. The number of ether oxygens (including phenoxy) is 2. The maximum Gasteiger partial charge on any atom is 0.169 e. The molecule has 0 saturated carbocycles. The Labute approximate surface area is 55.5 Å². The fourth-order valence-electron chi connectivity index (χ4n) is 0.881. The minimum Gasteiger partial charge on any atom is -0.355 e. The molecule has 1 aliphatic rings. The van der Waals surface area contributed by atoms with Gasteiger partial charge >= 0.3 is 0 Å². The second-order valence-electron chi connectivity index (χ2n) is 2.30. The van der Waals surface area contributed by atoms with E-state index in [0.29, 0.717) is 0 Å². The summed E-state index contributed by atoms with van der Waals surface area (Å²) in [5.74, 6) is 0. The van der Waals surface area contributed by atoms with E-state index in [2.05, 4.69) is 11.9 Å². The van der Waals surface area contributed by atoms with Crippen LogP contribution in [0, 0.1) is 0 Å². The van der Waals surface area contributed by atoms with E-state index in [4.69, 9.17) is 9.47 Å². The van der Waals surface area contributed by atoms with Crippen molar-refractivity contribution in [3.05, 3.63) is 0 Å². The molecule has 0 spiro atoms. The molecule has 0 radical (unpaired) electrons. The standard InChI is InChI=1S/C6H13NO2/c1-7-3-4-9-6(5-7)8-2/h6H,3-5H2,1-2H3/t6-/m0/s1. The van der Waals surface area contributed by atoms with Gasteiger partial charge < -0.3 is 9.47 Å². The molecule has 0 aromatic heterocycles. The van der Waals surface area contributed by atoms with Crippen molar-refractivity contribution in [2.24, 2.45) is 0 Å². The second-order valence-corrected chi connectivity index (χ2v) is 2.30. The van der Waals surface area contributed by atoms with Gasteiger partial charge in [-0.25, -0.2) is 0 Å². The summed E-state index contributed by atoms with van der Waals surface area (Å²) in [5, 5.41) is 0. The highest BCUT2D eigenvalue weighted by molar-refractivity contribution is 4.59. The van der Waals surface area contributed by atoms with Gasteiger partial charge in [0.25, 0.3) is 0 Å². The van der Waals surface area contributed by atoms with E-state index >= 15 is 0 Å². The monoisotopic (exact) mass is 131 g/mol. The van der Waals surface area contributed by atoms with Crippen LogP contribution in [0.25, 0.3) is 0 Å². The Hall–Kier alpha value is -0.120. The zero-order chi connectivity index (χ0) is 6.69. The molecule has 0 N–H and O–H groups in total. The van der Waals surface area contributed by atoms with Crippen LogP contribution in [0.3, 0.4) is 0 Å². The number of likely N-dealkylation sites (N-methyl/N-ethyl adjacent to an activating group) is 1. The SMILES string of the molecule is CO[C@@H]1CN(C)CCO1. The zero-order valence-corrected chi connectivity index (χ0v) is 5.96. The Morgan fingerprint density at radius 3 is 2.89 bits per heavy atom. The van der Waals surface area contributed by atoms with Crippen molar-refractivity contribution in [1.82, 2.24) is 4.90 Å². The van der Waals surface area contributed by atoms with Crippen molar-refractivity contribution >= 4 is 0 Å². The summed E-state index contributed by atoms with van der Waals surface area (Å²) >= 11 is 0. The molecule has 1 aliphatic heterocycles. The predicted molar refractivity (Wildman–Crippen MR) is 34.2 cm³/mol. The van der Waals surface area contributed by atoms with Gasteiger partial charge in [0.05, 0.1) is 6.61 Å². The Bertz CT molecular complexity index is 87.1. The first-order chi connectivity index (χ1) is 4.33. The predicted octanol–water partition coefficient (Wildman–Crippen LogP) is -0.0791. The topological polar surface area (TPSA) is 21.7 Å². The molecule has 0 aromatic carbocycles. The lowest BCUT2D eigenvalue weighted by molar-refractivity contribution is -0.160. The van der Waals surface area contributed by atoms with Gasteiger partial charge in [-0.3, -0.25) is 4.90 Å². The normalized spacial score (nSPS) is 30.7. The zero-order valence-electron chi connectivity index (χ0n) is 5.96. The summed E-state index contributed by atoms with van der Waals surface area (Å²) < 4.78 is 10.2. The molecule has 3 nitrogen and oxygen atoms in total. The number of morpholine rings is 1. The van der Waals surface area contributed by atoms with Crippen LogP contribution in [0.15, 0.2) is 0 Å². The lowest BCUT2D eigenvalue weighted by atomic mass is 10.4. The van der Waals surface area contributed by atoms with Gasteiger partial charge in [0.2, 0.25) is 0 Å². The molecule has 1 saturated heterocycles. The van der Waals surface area contributed by atoms with Crippen LogP contribution in [0.1, 0.15) is 0 Å². The molecule has 1 rings (SSSR count). The maximum absolute atomic E-state index is 5.23. The molecule has 9 heavy (non-hydrogen) atoms. The lowest BCUT2D eigenvalue weighted by Gasteiger charge is -2.28. The Morgan fingerprint density at radius 1 is 1.67 bits per heavy atom. The van der Waals surface area contributed by atoms with Crippen LogP contribution in [-0.4, -0.2) is 45.0 Å². The minimum atomic E-state index is -0.0104. The molecule has 0 aliphatic carbocycles. The average molecular weight is 131 g/mol. The second kappa shape index (κ2) is 3.15.